The number of amides is 1. The van der Waals surface area contributed by atoms with Crippen LogP contribution in [-0.4, -0.2) is 39.8 Å². The van der Waals surface area contributed by atoms with Gasteiger partial charge >= 0.3 is 0 Å². The number of carbonyl (C=O) groups is 1. The first-order valence-corrected chi connectivity index (χ1v) is 9.03. The van der Waals surface area contributed by atoms with Crippen molar-refractivity contribution in [2.75, 3.05) is 13.2 Å². The van der Waals surface area contributed by atoms with Crippen LogP contribution in [0.3, 0.4) is 0 Å². The molecule has 2 aromatic carbocycles. The molecule has 1 unspecified atom stereocenters. The van der Waals surface area contributed by atoms with Crippen LogP contribution in [0.1, 0.15) is 11.1 Å². The molecule has 146 valence electrons. The molecule has 0 saturated carbocycles. The molecule has 1 heterocycles. The van der Waals surface area contributed by atoms with Crippen molar-refractivity contribution in [1.82, 2.24) is 14.9 Å². The van der Waals surface area contributed by atoms with Crippen molar-refractivity contribution >= 4 is 16.8 Å². The van der Waals surface area contributed by atoms with Gasteiger partial charge in [0.25, 0.3) is 5.56 Å². The van der Waals surface area contributed by atoms with E-state index in [1.165, 1.54) is 10.9 Å². The molecular formula is C21H23N3O4. The highest BCUT2D eigenvalue weighted by Gasteiger charge is 2.11. The van der Waals surface area contributed by atoms with Crippen molar-refractivity contribution in [2.24, 2.45) is 0 Å². The second-order valence-electron chi connectivity index (χ2n) is 6.73. The number of para-hydroxylation sites is 1. The minimum atomic E-state index is -0.862. The number of nitrogens with zero attached hydrogens (tertiary/aromatic N) is 2. The van der Waals surface area contributed by atoms with E-state index in [1.807, 2.05) is 38.1 Å². The lowest BCUT2D eigenvalue weighted by molar-refractivity contribution is -0.122. The second kappa shape index (κ2) is 8.67. The zero-order valence-corrected chi connectivity index (χ0v) is 15.9. The zero-order chi connectivity index (χ0) is 20.1. The standard InChI is InChI=1S/C21H23N3O4/c1-14-5-3-7-17(9-14)28-12-16(25)10-22-19(26)11-24-13-23-20-15(2)6-4-8-18(20)21(24)27/h3-9,13,16,25H,10-12H2,1-2H3,(H,22,26). The normalized spacial score (nSPS) is 12.0. The maximum absolute atomic E-state index is 12.5. The quantitative estimate of drug-likeness (QED) is 0.648. The van der Waals surface area contributed by atoms with Crippen LogP contribution in [0.4, 0.5) is 0 Å². The van der Waals surface area contributed by atoms with E-state index in [-0.39, 0.29) is 31.2 Å². The molecule has 2 N–H and O–H groups in total. The molecule has 1 amide bonds. The van der Waals surface area contributed by atoms with Gasteiger partial charge in [-0.15, -0.1) is 0 Å². The molecule has 0 saturated heterocycles. The molecule has 28 heavy (non-hydrogen) atoms. The van der Waals surface area contributed by atoms with Crippen LogP contribution in [0.5, 0.6) is 5.75 Å². The number of rotatable bonds is 7. The number of hydrogen-bond acceptors (Lipinski definition) is 5. The second-order valence-corrected chi connectivity index (χ2v) is 6.73. The Labute approximate surface area is 162 Å². The van der Waals surface area contributed by atoms with Gasteiger partial charge in [-0.3, -0.25) is 14.2 Å². The number of aliphatic hydroxyl groups excluding tert-OH is 1. The van der Waals surface area contributed by atoms with Crippen LogP contribution in [-0.2, 0) is 11.3 Å². The maximum Gasteiger partial charge on any atom is 0.261 e. The number of fused-ring (bicyclic) bond motifs is 1. The highest BCUT2D eigenvalue weighted by Crippen LogP contribution is 2.12. The number of hydrogen-bond donors (Lipinski definition) is 2. The van der Waals surface area contributed by atoms with E-state index in [1.54, 1.807) is 18.2 Å². The van der Waals surface area contributed by atoms with E-state index >= 15 is 0 Å². The number of aryl methyl sites for hydroxylation is 2. The molecule has 7 heteroatoms. The third kappa shape index (κ3) is 4.75. The monoisotopic (exact) mass is 381 g/mol. The van der Waals surface area contributed by atoms with Crippen molar-refractivity contribution in [3.63, 3.8) is 0 Å². The first-order valence-electron chi connectivity index (χ1n) is 9.03. The Kier molecular flexibility index (Phi) is 6.06. The molecule has 0 bridgehead atoms. The summed E-state index contributed by atoms with van der Waals surface area (Å²) in [6.07, 6.45) is 0.507. The molecule has 1 aromatic heterocycles. The van der Waals surface area contributed by atoms with Gasteiger partial charge < -0.3 is 15.2 Å². The van der Waals surface area contributed by atoms with E-state index in [0.29, 0.717) is 16.7 Å². The topological polar surface area (TPSA) is 93.4 Å². The van der Waals surface area contributed by atoms with Gasteiger partial charge in [-0.05, 0) is 43.2 Å². The zero-order valence-electron chi connectivity index (χ0n) is 15.9. The molecule has 0 aliphatic heterocycles. The van der Waals surface area contributed by atoms with Gasteiger partial charge in [-0.1, -0.05) is 24.3 Å². The van der Waals surface area contributed by atoms with Gasteiger partial charge in [0.1, 0.15) is 25.0 Å². The van der Waals surface area contributed by atoms with Crippen LogP contribution in [0, 0.1) is 13.8 Å². The lowest BCUT2D eigenvalue weighted by Crippen LogP contribution is -2.38. The summed E-state index contributed by atoms with van der Waals surface area (Å²) in [5.41, 5.74) is 2.33. The fraction of sp³-hybridized carbons (Fsp3) is 0.286. The fourth-order valence-corrected chi connectivity index (χ4v) is 2.85. The van der Waals surface area contributed by atoms with Gasteiger partial charge in [0.05, 0.1) is 17.2 Å². The average Bonchev–Trinajstić information content (AvgIpc) is 2.67. The Morgan fingerprint density at radius 1 is 1.25 bits per heavy atom. The first kappa shape index (κ1) is 19.6. The summed E-state index contributed by atoms with van der Waals surface area (Å²) in [5.74, 6) is 0.278. The van der Waals surface area contributed by atoms with Gasteiger partial charge in [-0.2, -0.15) is 0 Å². The van der Waals surface area contributed by atoms with Crippen LogP contribution in [0.2, 0.25) is 0 Å². The van der Waals surface area contributed by atoms with Gasteiger partial charge in [0, 0.05) is 6.54 Å². The van der Waals surface area contributed by atoms with Gasteiger partial charge in [-0.25, -0.2) is 4.98 Å². The molecule has 1 atom stereocenters. The average molecular weight is 381 g/mol. The van der Waals surface area contributed by atoms with Crippen molar-refractivity contribution < 1.29 is 14.6 Å². The molecule has 3 rings (SSSR count). The molecule has 0 aliphatic rings. The number of aliphatic hydroxyl groups is 1. The van der Waals surface area contributed by atoms with E-state index in [2.05, 4.69) is 10.3 Å². The van der Waals surface area contributed by atoms with Gasteiger partial charge in [0.2, 0.25) is 5.91 Å². The Morgan fingerprint density at radius 3 is 2.82 bits per heavy atom. The van der Waals surface area contributed by atoms with Crippen LogP contribution >= 0.6 is 0 Å². The minimum absolute atomic E-state index is 0.0273. The Morgan fingerprint density at radius 2 is 2.04 bits per heavy atom. The molecule has 0 fully saturated rings. The smallest absolute Gasteiger partial charge is 0.261 e. The number of nitrogens with one attached hydrogen (secondary N) is 1. The highest BCUT2D eigenvalue weighted by atomic mass is 16.5. The van der Waals surface area contributed by atoms with Crippen molar-refractivity contribution in [3.05, 3.63) is 70.3 Å². The number of ether oxygens (including phenoxy) is 1. The van der Waals surface area contributed by atoms with E-state index in [4.69, 9.17) is 4.74 Å². The third-order valence-electron chi connectivity index (χ3n) is 4.34. The van der Waals surface area contributed by atoms with Crippen LogP contribution in [0.25, 0.3) is 10.9 Å². The maximum atomic E-state index is 12.5. The van der Waals surface area contributed by atoms with Gasteiger partial charge in [0.15, 0.2) is 0 Å². The SMILES string of the molecule is Cc1cccc(OCC(O)CNC(=O)Cn2cnc3c(C)cccc3c2=O)c1. The van der Waals surface area contributed by atoms with E-state index < -0.39 is 6.10 Å². The summed E-state index contributed by atoms with van der Waals surface area (Å²) in [4.78, 5) is 28.9. The molecular weight excluding hydrogens is 358 g/mol. The lowest BCUT2D eigenvalue weighted by Gasteiger charge is -2.14. The highest BCUT2D eigenvalue weighted by molar-refractivity contribution is 5.81. The molecule has 0 aliphatic carbocycles. The lowest BCUT2D eigenvalue weighted by atomic mass is 10.1. The third-order valence-corrected chi connectivity index (χ3v) is 4.34. The molecule has 0 spiro atoms. The Hall–Kier alpha value is -3.19. The van der Waals surface area contributed by atoms with Crippen molar-refractivity contribution in [2.45, 2.75) is 26.5 Å². The minimum Gasteiger partial charge on any atom is -0.491 e. The Balaban J connectivity index is 1.53. The predicted octanol–water partition coefficient (Wildman–Crippen LogP) is 1.57. The van der Waals surface area contributed by atoms with Crippen LogP contribution in [0.15, 0.2) is 53.6 Å². The van der Waals surface area contributed by atoms with Crippen LogP contribution < -0.4 is 15.6 Å². The fourth-order valence-electron chi connectivity index (χ4n) is 2.85. The van der Waals surface area contributed by atoms with E-state index in [9.17, 15) is 14.7 Å². The summed E-state index contributed by atoms with van der Waals surface area (Å²) < 4.78 is 6.77. The first-order chi connectivity index (χ1) is 13.4. The summed E-state index contributed by atoms with van der Waals surface area (Å²) in [7, 11) is 0. The van der Waals surface area contributed by atoms with Crippen molar-refractivity contribution in [1.29, 1.82) is 0 Å². The molecule has 0 radical (unpaired) electrons. The van der Waals surface area contributed by atoms with Crippen molar-refractivity contribution in [3.8, 4) is 5.75 Å². The molecule has 3 aromatic rings. The van der Waals surface area contributed by atoms with E-state index in [0.717, 1.165) is 11.1 Å². The summed E-state index contributed by atoms with van der Waals surface area (Å²) in [5, 5.41) is 13.1. The largest absolute Gasteiger partial charge is 0.491 e. The number of carbonyl (C=O) groups excluding carboxylic acids is 1. The summed E-state index contributed by atoms with van der Waals surface area (Å²) in [6.45, 7) is 3.75. The number of benzene rings is 2. The molecule has 7 nitrogen and oxygen atoms in total. The Bertz CT molecular complexity index is 1050. The summed E-state index contributed by atoms with van der Waals surface area (Å²) in [6, 6.07) is 12.9. The summed E-state index contributed by atoms with van der Waals surface area (Å²) >= 11 is 0. The number of aromatic nitrogens is 2. The predicted molar refractivity (Wildman–Crippen MR) is 106 cm³/mol.